The van der Waals surface area contributed by atoms with Crippen molar-refractivity contribution in [1.82, 2.24) is 15.1 Å². The zero-order valence-corrected chi connectivity index (χ0v) is 22.4. The highest BCUT2D eigenvalue weighted by atomic mass is 19.1. The lowest BCUT2D eigenvalue weighted by Crippen LogP contribution is -2.51. The van der Waals surface area contributed by atoms with Gasteiger partial charge >= 0.3 is 6.09 Å². The molecule has 1 N–H and O–H groups in total. The normalized spacial score (nSPS) is 13.4. The quantitative estimate of drug-likeness (QED) is 0.433. The van der Waals surface area contributed by atoms with Gasteiger partial charge in [-0.15, -0.1) is 0 Å². The number of hydrogen-bond acceptors (Lipinski definition) is 4. The summed E-state index contributed by atoms with van der Waals surface area (Å²) in [7, 11) is 0. The first kappa shape index (κ1) is 28.7. The van der Waals surface area contributed by atoms with Crippen molar-refractivity contribution < 1.29 is 23.5 Å². The van der Waals surface area contributed by atoms with Gasteiger partial charge in [0.25, 0.3) is 5.91 Å². The second kappa shape index (κ2) is 13.6. The first-order valence-corrected chi connectivity index (χ1v) is 13.0. The molecule has 1 aliphatic rings. The van der Waals surface area contributed by atoms with Crippen LogP contribution in [0.3, 0.4) is 0 Å². The minimum Gasteiger partial charge on any atom is -0.444 e. The number of carbonyl (C=O) groups is 3. The van der Waals surface area contributed by atoms with E-state index in [-0.39, 0.29) is 30.3 Å². The zero-order chi connectivity index (χ0) is 27.5. The number of benzene rings is 2. The molecule has 7 nitrogen and oxygen atoms in total. The number of rotatable bonds is 7. The number of amides is 3. The maximum Gasteiger partial charge on any atom is 0.410 e. The summed E-state index contributed by atoms with van der Waals surface area (Å²) < 4.78 is 18.3. The Balaban J connectivity index is 1.35. The Labute approximate surface area is 224 Å². The molecular weight excluding hydrogens is 485 g/mol. The van der Waals surface area contributed by atoms with Gasteiger partial charge in [0.2, 0.25) is 5.91 Å². The third-order valence-corrected chi connectivity index (χ3v) is 5.99. The highest BCUT2D eigenvalue weighted by Crippen LogP contribution is 2.14. The number of halogens is 1. The largest absolute Gasteiger partial charge is 0.444 e. The number of nitrogens with one attached hydrogen (secondary N) is 1. The molecule has 1 fully saturated rings. The Bertz CT molecular complexity index is 1150. The van der Waals surface area contributed by atoms with Gasteiger partial charge in [-0.3, -0.25) is 9.59 Å². The van der Waals surface area contributed by atoms with Gasteiger partial charge in [0, 0.05) is 43.7 Å². The van der Waals surface area contributed by atoms with Crippen LogP contribution in [0, 0.1) is 17.7 Å². The van der Waals surface area contributed by atoms with Gasteiger partial charge in [0.1, 0.15) is 11.4 Å². The maximum absolute atomic E-state index is 12.9. The average Bonchev–Trinajstić information content (AvgIpc) is 2.89. The minimum atomic E-state index is -0.548. The molecule has 8 heteroatoms. The van der Waals surface area contributed by atoms with Gasteiger partial charge in [-0.25, -0.2) is 9.18 Å². The number of unbranched alkanes of at least 4 members (excludes halogenated alkanes) is 1. The maximum atomic E-state index is 12.9. The monoisotopic (exact) mass is 521 g/mol. The van der Waals surface area contributed by atoms with Crippen molar-refractivity contribution in [2.24, 2.45) is 0 Å². The highest BCUT2D eigenvalue weighted by molar-refractivity contribution is 5.94. The number of aryl methyl sites for hydroxylation is 1. The van der Waals surface area contributed by atoms with E-state index in [4.69, 9.17) is 4.74 Å². The first-order chi connectivity index (χ1) is 18.1. The van der Waals surface area contributed by atoms with E-state index in [9.17, 15) is 18.8 Å². The van der Waals surface area contributed by atoms with E-state index >= 15 is 0 Å². The summed E-state index contributed by atoms with van der Waals surface area (Å²) >= 11 is 0. The van der Waals surface area contributed by atoms with E-state index in [1.807, 2.05) is 20.8 Å². The summed E-state index contributed by atoms with van der Waals surface area (Å²) in [5.41, 5.74) is 1.83. The van der Waals surface area contributed by atoms with E-state index in [1.165, 1.54) is 12.1 Å². The lowest BCUT2D eigenvalue weighted by molar-refractivity contribution is -0.120. The lowest BCUT2D eigenvalue weighted by atomic mass is 10.1. The van der Waals surface area contributed by atoms with Crippen molar-refractivity contribution in [1.29, 1.82) is 0 Å². The predicted molar refractivity (Wildman–Crippen MR) is 144 cm³/mol. The van der Waals surface area contributed by atoms with Crippen molar-refractivity contribution in [2.45, 2.75) is 52.1 Å². The van der Waals surface area contributed by atoms with Gasteiger partial charge in [0.05, 0.1) is 6.54 Å². The molecule has 3 rings (SSSR count). The summed E-state index contributed by atoms with van der Waals surface area (Å²) in [5, 5.41) is 2.80. The molecule has 3 amide bonds. The van der Waals surface area contributed by atoms with Gasteiger partial charge in [0.15, 0.2) is 0 Å². The molecule has 1 aliphatic heterocycles. The summed E-state index contributed by atoms with van der Waals surface area (Å²) in [5.74, 6) is 5.56. The number of piperazine rings is 1. The number of hydrogen-bond donors (Lipinski definition) is 1. The minimum absolute atomic E-state index is 0.0499. The molecule has 0 bridgehead atoms. The van der Waals surface area contributed by atoms with Crippen LogP contribution in [0.5, 0.6) is 0 Å². The SMILES string of the molecule is CC(C)(C)OC(=O)N1CCN(C(=O)c2ccc(C#CCNC(=O)CCCCc3ccc(F)cc3)cc2)CC1. The van der Waals surface area contributed by atoms with Crippen LogP contribution in [0.25, 0.3) is 0 Å². The van der Waals surface area contributed by atoms with Gasteiger partial charge in [-0.1, -0.05) is 24.0 Å². The molecule has 202 valence electrons. The Morgan fingerprint density at radius 3 is 2.18 bits per heavy atom. The van der Waals surface area contributed by atoms with E-state index < -0.39 is 5.60 Å². The van der Waals surface area contributed by atoms with Crippen LogP contribution >= 0.6 is 0 Å². The van der Waals surface area contributed by atoms with E-state index in [0.717, 1.165) is 30.4 Å². The predicted octanol–water partition coefficient (Wildman–Crippen LogP) is 4.40. The smallest absolute Gasteiger partial charge is 0.410 e. The average molecular weight is 522 g/mol. The summed E-state index contributed by atoms with van der Waals surface area (Å²) in [6.07, 6.45) is 2.49. The molecule has 38 heavy (non-hydrogen) atoms. The molecule has 0 spiro atoms. The Morgan fingerprint density at radius 1 is 0.921 bits per heavy atom. The van der Waals surface area contributed by atoms with Gasteiger partial charge < -0.3 is 19.9 Å². The van der Waals surface area contributed by atoms with Crippen molar-refractivity contribution in [3.05, 3.63) is 71.0 Å². The molecule has 0 unspecified atom stereocenters. The molecule has 0 aromatic heterocycles. The second-order valence-corrected chi connectivity index (χ2v) is 10.2. The second-order valence-electron chi connectivity index (χ2n) is 10.2. The third kappa shape index (κ3) is 9.55. The fraction of sp³-hybridized carbons (Fsp3) is 0.433. The molecule has 0 radical (unpaired) electrons. The molecule has 0 atom stereocenters. The number of nitrogens with zero attached hydrogens (tertiary/aromatic N) is 2. The van der Waals surface area contributed by atoms with E-state index in [2.05, 4.69) is 17.2 Å². The molecule has 1 heterocycles. The highest BCUT2D eigenvalue weighted by Gasteiger charge is 2.28. The summed E-state index contributed by atoms with van der Waals surface area (Å²) in [6, 6.07) is 13.5. The van der Waals surface area contributed by atoms with E-state index in [0.29, 0.717) is 38.2 Å². The summed E-state index contributed by atoms with van der Waals surface area (Å²) in [6.45, 7) is 7.51. The van der Waals surface area contributed by atoms with Crippen molar-refractivity contribution >= 4 is 17.9 Å². The molecule has 1 saturated heterocycles. The topological polar surface area (TPSA) is 79.0 Å². The van der Waals surface area contributed by atoms with Crippen LogP contribution in [0.15, 0.2) is 48.5 Å². The van der Waals surface area contributed by atoms with Crippen molar-refractivity contribution in [3.63, 3.8) is 0 Å². The fourth-order valence-corrected chi connectivity index (χ4v) is 3.94. The van der Waals surface area contributed by atoms with Crippen LogP contribution in [0.4, 0.5) is 9.18 Å². The standard InChI is InChI=1S/C30H36FN3O4/c1-30(2,3)38-29(37)34-21-19-33(20-22-34)28(36)25-14-10-24(11-15-25)8-6-18-32-27(35)9-5-4-7-23-12-16-26(31)17-13-23/h10-17H,4-5,7,9,18-22H2,1-3H3,(H,32,35). The van der Waals surface area contributed by atoms with E-state index in [1.54, 1.807) is 46.2 Å². The van der Waals surface area contributed by atoms with Crippen LogP contribution in [-0.2, 0) is 16.0 Å². The lowest BCUT2D eigenvalue weighted by Gasteiger charge is -2.35. The Morgan fingerprint density at radius 2 is 1.55 bits per heavy atom. The van der Waals surface area contributed by atoms with Crippen LogP contribution < -0.4 is 5.32 Å². The first-order valence-electron chi connectivity index (χ1n) is 13.0. The Hall–Kier alpha value is -3.86. The zero-order valence-electron chi connectivity index (χ0n) is 22.4. The van der Waals surface area contributed by atoms with Crippen LogP contribution in [0.2, 0.25) is 0 Å². The molecule has 0 aliphatic carbocycles. The Kier molecular flexibility index (Phi) is 10.3. The van der Waals surface area contributed by atoms with Crippen LogP contribution in [-0.4, -0.2) is 66.0 Å². The van der Waals surface area contributed by atoms with Gasteiger partial charge in [-0.2, -0.15) is 0 Å². The number of ether oxygens (including phenoxy) is 1. The number of carbonyl (C=O) groups excluding carboxylic acids is 3. The third-order valence-electron chi connectivity index (χ3n) is 5.99. The summed E-state index contributed by atoms with van der Waals surface area (Å²) in [4.78, 5) is 40.4. The molecule has 0 saturated carbocycles. The van der Waals surface area contributed by atoms with Crippen molar-refractivity contribution in [3.8, 4) is 11.8 Å². The molecule has 2 aromatic rings. The molecular formula is C30H36FN3O4. The van der Waals surface area contributed by atoms with Crippen molar-refractivity contribution in [2.75, 3.05) is 32.7 Å². The van der Waals surface area contributed by atoms with Crippen LogP contribution in [0.1, 0.15) is 61.5 Å². The fourth-order valence-electron chi connectivity index (χ4n) is 3.94. The van der Waals surface area contributed by atoms with Gasteiger partial charge in [-0.05, 0) is 82.0 Å². The molecule has 2 aromatic carbocycles.